The molecule has 4 nitrogen and oxygen atoms in total. The Hall–Kier alpha value is -0.810. The third-order valence-corrected chi connectivity index (χ3v) is 5.40. The zero-order valence-corrected chi connectivity index (χ0v) is 14.1. The van der Waals surface area contributed by atoms with Crippen LogP contribution in [-0.4, -0.2) is 32.2 Å². The molecule has 0 saturated carbocycles. The van der Waals surface area contributed by atoms with Crippen LogP contribution in [0.25, 0.3) is 0 Å². The van der Waals surface area contributed by atoms with E-state index in [0.29, 0.717) is 12.0 Å². The summed E-state index contributed by atoms with van der Waals surface area (Å²) < 4.78 is 17.3. The van der Waals surface area contributed by atoms with Crippen molar-refractivity contribution in [1.82, 2.24) is 0 Å². The molecule has 4 rings (SSSR count). The standard InChI is InChI=1S/C18H24ClNO3/c19-12-5-6-16-14(11-12)18-13(7-10-23-18)15(20-16)3-1-8-21-17-4-2-9-22-17/h5-6,11,13,15,17-18,20H,1-4,7-10H2/t13-,15+,17?,18-/m0/s1. The van der Waals surface area contributed by atoms with Gasteiger partial charge in [0.05, 0.1) is 6.10 Å². The molecule has 1 aromatic carbocycles. The van der Waals surface area contributed by atoms with Gasteiger partial charge in [-0.15, -0.1) is 0 Å². The van der Waals surface area contributed by atoms with Gasteiger partial charge in [0.1, 0.15) is 0 Å². The summed E-state index contributed by atoms with van der Waals surface area (Å²) in [5.74, 6) is 0.531. The van der Waals surface area contributed by atoms with Crippen LogP contribution >= 0.6 is 11.6 Å². The van der Waals surface area contributed by atoms with E-state index < -0.39 is 0 Å². The Bertz CT molecular complexity index is 547. The Balaban J connectivity index is 1.36. The highest BCUT2D eigenvalue weighted by atomic mass is 35.5. The van der Waals surface area contributed by atoms with E-state index in [-0.39, 0.29) is 12.4 Å². The number of fused-ring (bicyclic) bond motifs is 3. The first-order valence-electron chi connectivity index (χ1n) is 8.72. The summed E-state index contributed by atoms with van der Waals surface area (Å²) in [5.41, 5.74) is 2.38. The van der Waals surface area contributed by atoms with Crippen molar-refractivity contribution in [3.8, 4) is 0 Å². The van der Waals surface area contributed by atoms with Crippen LogP contribution < -0.4 is 5.32 Å². The summed E-state index contributed by atoms with van der Waals surface area (Å²) in [4.78, 5) is 0. The number of anilines is 1. The second kappa shape index (κ2) is 6.98. The van der Waals surface area contributed by atoms with Crippen LogP contribution in [0.2, 0.25) is 5.02 Å². The minimum atomic E-state index is 0.0275. The van der Waals surface area contributed by atoms with Crippen LogP contribution in [-0.2, 0) is 14.2 Å². The highest BCUT2D eigenvalue weighted by Gasteiger charge is 2.40. The van der Waals surface area contributed by atoms with Crippen molar-refractivity contribution in [2.24, 2.45) is 5.92 Å². The summed E-state index contributed by atoms with van der Waals surface area (Å²) in [7, 11) is 0. The maximum atomic E-state index is 6.16. The van der Waals surface area contributed by atoms with Crippen LogP contribution in [0.4, 0.5) is 5.69 Å². The third-order valence-electron chi connectivity index (χ3n) is 5.17. The molecule has 0 amide bonds. The van der Waals surface area contributed by atoms with Crippen molar-refractivity contribution in [1.29, 1.82) is 0 Å². The maximum absolute atomic E-state index is 6.16. The second-order valence-electron chi connectivity index (χ2n) is 6.68. The lowest BCUT2D eigenvalue weighted by molar-refractivity contribution is -0.111. The molecule has 1 unspecified atom stereocenters. The molecule has 3 aliphatic heterocycles. The van der Waals surface area contributed by atoms with Gasteiger partial charge in [-0.05, 0) is 43.9 Å². The maximum Gasteiger partial charge on any atom is 0.157 e. The largest absolute Gasteiger partial charge is 0.382 e. The van der Waals surface area contributed by atoms with Crippen molar-refractivity contribution in [3.05, 3.63) is 28.8 Å². The van der Waals surface area contributed by atoms with Crippen molar-refractivity contribution in [2.75, 3.05) is 25.1 Å². The average molecular weight is 338 g/mol. The first-order chi connectivity index (χ1) is 11.3. The fourth-order valence-electron chi connectivity index (χ4n) is 4.03. The van der Waals surface area contributed by atoms with Gasteiger partial charge >= 0.3 is 0 Å². The lowest BCUT2D eigenvalue weighted by Gasteiger charge is -2.36. The number of halogens is 1. The predicted molar refractivity (Wildman–Crippen MR) is 89.8 cm³/mol. The number of hydrogen-bond donors (Lipinski definition) is 1. The van der Waals surface area contributed by atoms with Gasteiger partial charge in [-0.3, -0.25) is 0 Å². The molecule has 5 heteroatoms. The molecule has 0 spiro atoms. The quantitative estimate of drug-likeness (QED) is 0.819. The fourth-order valence-corrected chi connectivity index (χ4v) is 4.21. The van der Waals surface area contributed by atoms with Gasteiger partial charge in [0.2, 0.25) is 0 Å². The van der Waals surface area contributed by atoms with Gasteiger partial charge in [-0.2, -0.15) is 0 Å². The van der Waals surface area contributed by atoms with Crippen LogP contribution in [0.1, 0.15) is 43.8 Å². The van der Waals surface area contributed by atoms with E-state index in [1.165, 1.54) is 11.3 Å². The summed E-state index contributed by atoms with van der Waals surface area (Å²) in [6.45, 7) is 2.45. The normalized spacial score (nSPS) is 32.4. The van der Waals surface area contributed by atoms with Gasteiger partial charge in [0, 0.05) is 54.5 Å². The van der Waals surface area contributed by atoms with Crippen molar-refractivity contribution >= 4 is 17.3 Å². The van der Waals surface area contributed by atoms with Crippen molar-refractivity contribution in [3.63, 3.8) is 0 Å². The number of benzene rings is 1. The number of nitrogens with one attached hydrogen (secondary N) is 1. The third kappa shape index (κ3) is 3.36. The number of ether oxygens (including phenoxy) is 3. The molecule has 1 aromatic rings. The van der Waals surface area contributed by atoms with E-state index in [9.17, 15) is 0 Å². The van der Waals surface area contributed by atoms with Crippen LogP contribution in [0.15, 0.2) is 18.2 Å². The van der Waals surface area contributed by atoms with Crippen LogP contribution in [0.3, 0.4) is 0 Å². The molecule has 1 N–H and O–H groups in total. The molecular weight excluding hydrogens is 314 g/mol. The molecule has 4 atom stereocenters. The predicted octanol–water partition coefficient (Wildman–Crippen LogP) is 4.15. The topological polar surface area (TPSA) is 39.7 Å². The molecule has 0 bridgehead atoms. The van der Waals surface area contributed by atoms with Crippen molar-refractivity contribution in [2.45, 2.75) is 50.5 Å². The lowest BCUT2D eigenvalue weighted by Crippen LogP contribution is -2.36. The molecular formula is C18H24ClNO3. The van der Waals surface area contributed by atoms with Gasteiger partial charge < -0.3 is 19.5 Å². The second-order valence-corrected chi connectivity index (χ2v) is 7.12. The summed E-state index contributed by atoms with van der Waals surface area (Å²) in [6, 6.07) is 6.51. The van der Waals surface area contributed by atoms with E-state index in [1.807, 2.05) is 12.1 Å². The Morgan fingerprint density at radius 2 is 2.17 bits per heavy atom. The summed E-state index contributed by atoms with van der Waals surface area (Å²) in [5, 5.41) is 4.48. The smallest absolute Gasteiger partial charge is 0.157 e. The van der Waals surface area contributed by atoms with E-state index in [4.69, 9.17) is 25.8 Å². The SMILES string of the molecule is Clc1ccc2c(c1)[C@H]1OCC[C@H]1[C@@H](CCCOC1CCCO1)N2. The molecule has 3 aliphatic rings. The van der Waals surface area contributed by atoms with Gasteiger partial charge in [-0.25, -0.2) is 0 Å². The zero-order valence-electron chi connectivity index (χ0n) is 13.3. The first kappa shape index (κ1) is 15.7. The molecule has 0 aliphatic carbocycles. The Labute approximate surface area is 142 Å². The van der Waals surface area contributed by atoms with Gasteiger partial charge in [-0.1, -0.05) is 11.6 Å². The first-order valence-corrected chi connectivity index (χ1v) is 9.10. The van der Waals surface area contributed by atoms with Crippen LogP contribution in [0, 0.1) is 5.92 Å². The lowest BCUT2D eigenvalue weighted by atomic mass is 9.82. The summed E-state index contributed by atoms with van der Waals surface area (Å²) in [6.07, 6.45) is 5.63. The monoisotopic (exact) mass is 337 g/mol. The Morgan fingerprint density at radius 1 is 1.22 bits per heavy atom. The Kier molecular flexibility index (Phi) is 4.76. The number of hydrogen-bond acceptors (Lipinski definition) is 4. The fraction of sp³-hybridized carbons (Fsp3) is 0.667. The molecule has 126 valence electrons. The molecule has 0 aromatic heterocycles. The highest BCUT2D eigenvalue weighted by Crippen LogP contribution is 2.46. The minimum absolute atomic E-state index is 0.0275. The Morgan fingerprint density at radius 3 is 3.04 bits per heavy atom. The average Bonchev–Trinajstić information content (AvgIpc) is 3.23. The molecule has 2 saturated heterocycles. The van der Waals surface area contributed by atoms with E-state index >= 15 is 0 Å². The molecule has 3 heterocycles. The van der Waals surface area contributed by atoms with E-state index in [1.54, 1.807) is 0 Å². The zero-order chi connectivity index (χ0) is 15.6. The highest BCUT2D eigenvalue weighted by molar-refractivity contribution is 6.30. The van der Waals surface area contributed by atoms with Gasteiger partial charge in [0.15, 0.2) is 6.29 Å². The van der Waals surface area contributed by atoms with E-state index in [2.05, 4.69) is 11.4 Å². The van der Waals surface area contributed by atoms with Crippen molar-refractivity contribution < 1.29 is 14.2 Å². The molecule has 23 heavy (non-hydrogen) atoms. The van der Waals surface area contributed by atoms with Crippen LogP contribution in [0.5, 0.6) is 0 Å². The molecule has 0 radical (unpaired) electrons. The van der Waals surface area contributed by atoms with Gasteiger partial charge in [0.25, 0.3) is 0 Å². The van der Waals surface area contributed by atoms with E-state index in [0.717, 1.165) is 56.9 Å². The molecule has 2 fully saturated rings. The minimum Gasteiger partial charge on any atom is -0.382 e. The number of rotatable bonds is 5. The summed E-state index contributed by atoms with van der Waals surface area (Å²) >= 11 is 6.16.